The molecular weight excluding hydrogens is 242 g/mol. The van der Waals surface area contributed by atoms with Gasteiger partial charge in [-0.1, -0.05) is 32.0 Å². The number of hydrogen-bond donors (Lipinski definition) is 1. The summed E-state index contributed by atoms with van der Waals surface area (Å²) in [6, 6.07) is 9.95. The van der Waals surface area contributed by atoms with E-state index in [1.54, 1.807) is 0 Å². The molecule has 0 amide bonds. The van der Waals surface area contributed by atoms with Gasteiger partial charge in [-0.2, -0.15) is 11.8 Å². The lowest BCUT2D eigenvalue weighted by Crippen LogP contribution is -2.35. The minimum absolute atomic E-state index is 0.279. The van der Waals surface area contributed by atoms with E-state index < -0.39 is 0 Å². The standard InChI is InChI=1S/C15H25NOS/c1-13(2)18-15(3,4)12-16-10-11-17-14-8-6-5-7-9-14/h5-9,13,16H,10-12H2,1-4H3. The molecule has 0 fully saturated rings. The molecule has 0 radical (unpaired) electrons. The number of ether oxygens (including phenoxy) is 1. The van der Waals surface area contributed by atoms with E-state index in [-0.39, 0.29) is 4.75 Å². The third-order valence-corrected chi connectivity index (χ3v) is 3.65. The van der Waals surface area contributed by atoms with E-state index in [9.17, 15) is 0 Å². The molecule has 1 rings (SSSR count). The van der Waals surface area contributed by atoms with Gasteiger partial charge in [-0.05, 0) is 31.2 Å². The maximum atomic E-state index is 5.63. The SMILES string of the molecule is CC(C)SC(C)(C)CNCCOc1ccccc1. The first-order chi connectivity index (χ1) is 8.49. The zero-order chi connectivity index (χ0) is 13.4. The van der Waals surface area contributed by atoms with Crippen molar-refractivity contribution >= 4 is 11.8 Å². The van der Waals surface area contributed by atoms with Gasteiger partial charge in [0.2, 0.25) is 0 Å². The number of benzene rings is 1. The third kappa shape index (κ3) is 6.92. The molecule has 1 N–H and O–H groups in total. The van der Waals surface area contributed by atoms with Crippen LogP contribution in [0.3, 0.4) is 0 Å². The maximum absolute atomic E-state index is 5.63. The molecule has 2 nitrogen and oxygen atoms in total. The Labute approximate surface area is 116 Å². The summed E-state index contributed by atoms with van der Waals surface area (Å²) in [5.41, 5.74) is 0. The topological polar surface area (TPSA) is 21.3 Å². The highest BCUT2D eigenvalue weighted by Gasteiger charge is 2.19. The van der Waals surface area contributed by atoms with Crippen LogP contribution in [-0.2, 0) is 0 Å². The van der Waals surface area contributed by atoms with Gasteiger partial charge in [0.15, 0.2) is 0 Å². The van der Waals surface area contributed by atoms with Crippen LogP contribution in [-0.4, -0.2) is 29.7 Å². The Bertz CT molecular complexity index is 325. The molecule has 0 aliphatic heterocycles. The average Bonchev–Trinajstić information content (AvgIpc) is 2.28. The molecule has 0 heterocycles. The summed E-state index contributed by atoms with van der Waals surface area (Å²) in [6.45, 7) is 11.7. The van der Waals surface area contributed by atoms with Gasteiger partial charge >= 0.3 is 0 Å². The van der Waals surface area contributed by atoms with Crippen molar-refractivity contribution in [1.82, 2.24) is 5.32 Å². The number of rotatable bonds is 8. The second-order valence-electron chi connectivity index (χ2n) is 5.26. The van der Waals surface area contributed by atoms with Gasteiger partial charge in [0.25, 0.3) is 0 Å². The second-order valence-corrected chi connectivity index (χ2v) is 7.55. The van der Waals surface area contributed by atoms with Crippen LogP contribution < -0.4 is 10.1 Å². The minimum Gasteiger partial charge on any atom is -0.492 e. The highest BCUT2D eigenvalue weighted by Crippen LogP contribution is 2.27. The van der Waals surface area contributed by atoms with Crippen molar-refractivity contribution in [2.45, 2.75) is 37.7 Å². The van der Waals surface area contributed by atoms with Crippen LogP contribution >= 0.6 is 11.8 Å². The average molecular weight is 267 g/mol. The quantitative estimate of drug-likeness (QED) is 0.728. The molecule has 3 heteroatoms. The number of nitrogens with one attached hydrogen (secondary N) is 1. The predicted molar refractivity (Wildman–Crippen MR) is 81.6 cm³/mol. The third-order valence-electron chi connectivity index (χ3n) is 2.40. The van der Waals surface area contributed by atoms with Crippen LogP contribution in [0, 0.1) is 0 Å². The van der Waals surface area contributed by atoms with Crippen molar-refractivity contribution in [2.24, 2.45) is 0 Å². The zero-order valence-electron chi connectivity index (χ0n) is 11.9. The Kier molecular flexibility index (Phi) is 6.58. The van der Waals surface area contributed by atoms with E-state index in [1.165, 1.54) is 0 Å². The van der Waals surface area contributed by atoms with Crippen molar-refractivity contribution < 1.29 is 4.74 Å². The number of hydrogen-bond acceptors (Lipinski definition) is 3. The molecule has 0 unspecified atom stereocenters. The summed E-state index contributed by atoms with van der Waals surface area (Å²) in [6.07, 6.45) is 0. The monoisotopic (exact) mass is 267 g/mol. The van der Waals surface area contributed by atoms with Gasteiger partial charge in [0.1, 0.15) is 12.4 Å². The van der Waals surface area contributed by atoms with E-state index in [0.29, 0.717) is 11.9 Å². The van der Waals surface area contributed by atoms with Crippen molar-refractivity contribution in [2.75, 3.05) is 19.7 Å². The molecule has 0 aliphatic rings. The fourth-order valence-corrected chi connectivity index (χ4v) is 3.29. The summed E-state index contributed by atoms with van der Waals surface area (Å²) >= 11 is 2.01. The molecule has 0 bridgehead atoms. The Hall–Kier alpha value is -0.670. The Morgan fingerprint density at radius 2 is 1.89 bits per heavy atom. The largest absolute Gasteiger partial charge is 0.492 e. The Morgan fingerprint density at radius 1 is 1.22 bits per heavy atom. The smallest absolute Gasteiger partial charge is 0.119 e. The molecule has 0 saturated carbocycles. The lowest BCUT2D eigenvalue weighted by atomic mass is 10.2. The first-order valence-electron chi connectivity index (χ1n) is 6.56. The molecule has 1 aromatic rings. The summed E-state index contributed by atoms with van der Waals surface area (Å²) in [7, 11) is 0. The second kappa shape index (κ2) is 7.70. The highest BCUT2D eigenvalue weighted by molar-refractivity contribution is 8.01. The molecule has 102 valence electrons. The van der Waals surface area contributed by atoms with Gasteiger partial charge in [0, 0.05) is 17.8 Å². The predicted octanol–water partition coefficient (Wildman–Crippen LogP) is 3.58. The van der Waals surface area contributed by atoms with Crippen LogP contribution in [0.25, 0.3) is 0 Å². The molecule has 0 aromatic heterocycles. The fourth-order valence-electron chi connectivity index (χ4n) is 1.83. The van der Waals surface area contributed by atoms with E-state index in [1.807, 2.05) is 42.1 Å². The van der Waals surface area contributed by atoms with E-state index in [4.69, 9.17) is 4.74 Å². The molecule has 1 aromatic carbocycles. The number of thioether (sulfide) groups is 1. The first-order valence-corrected chi connectivity index (χ1v) is 7.44. The fraction of sp³-hybridized carbons (Fsp3) is 0.600. The van der Waals surface area contributed by atoms with E-state index in [0.717, 1.165) is 18.8 Å². The molecule has 0 spiro atoms. The summed E-state index contributed by atoms with van der Waals surface area (Å²) in [5.74, 6) is 0.940. The van der Waals surface area contributed by atoms with Crippen molar-refractivity contribution in [3.63, 3.8) is 0 Å². The van der Waals surface area contributed by atoms with Crippen LogP contribution in [0.5, 0.6) is 5.75 Å². The molecule has 0 aliphatic carbocycles. The number of para-hydroxylation sites is 1. The highest BCUT2D eigenvalue weighted by atomic mass is 32.2. The van der Waals surface area contributed by atoms with Crippen LogP contribution in [0.1, 0.15) is 27.7 Å². The first kappa shape index (κ1) is 15.4. The van der Waals surface area contributed by atoms with Crippen molar-refractivity contribution in [3.8, 4) is 5.75 Å². The normalized spacial score (nSPS) is 11.8. The van der Waals surface area contributed by atoms with Crippen molar-refractivity contribution in [3.05, 3.63) is 30.3 Å². The zero-order valence-corrected chi connectivity index (χ0v) is 12.7. The van der Waals surface area contributed by atoms with Gasteiger partial charge in [-0.25, -0.2) is 0 Å². The van der Waals surface area contributed by atoms with Crippen LogP contribution in [0.2, 0.25) is 0 Å². The molecule has 18 heavy (non-hydrogen) atoms. The van der Waals surface area contributed by atoms with Gasteiger partial charge in [-0.15, -0.1) is 0 Å². The van der Waals surface area contributed by atoms with Crippen LogP contribution in [0.15, 0.2) is 30.3 Å². The summed E-state index contributed by atoms with van der Waals surface area (Å²) in [4.78, 5) is 0. The minimum atomic E-state index is 0.279. The van der Waals surface area contributed by atoms with Gasteiger partial charge < -0.3 is 10.1 Å². The molecule has 0 atom stereocenters. The van der Waals surface area contributed by atoms with Gasteiger partial charge in [0.05, 0.1) is 0 Å². The van der Waals surface area contributed by atoms with E-state index in [2.05, 4.69) is 33.0 Å². The molecule has 0 saturated heterocycles. The summed E-state index contributed by atoms with van der Waals surface area (Å²) < 4.78 is 5.91. The Morgan fingerprint density at radius 3 is 2.50 bits per heavy atom. The van der Waals surface area contributed by atoms with Gasteiger partial charge in [-0.3, -0.25) is 0 Å². The summed E-state index contributed by atoms with van der Waals surface area (Å²) in [5, 5.41) is 4.12. The lowest BCUT2D eigenvalue weighted by molar-refractivity contribution is 0.312. The van der Waals surface area contributed by atoms with Crippen molar-refractivity contribution in [1.29, 1.82) is 0 Å². The van der Waals surface area contributed by atoms with E-state index >= 15 is 0 Å². The van der Waals surface area contributed by atoms with Crippen LogP contribution in [0.4, 0.5) is 0 Å². The maximum Gasteiger partial charge on any atom is 0.119 e. The Balaban J connectivity index is 2.12. The molecular formula is C15H25NOS. The lowest BCUT2D eigenvalue weighted by Gasteiger charge is -2.26.